The Morgan fingerprint density at radius 2 is 2.05 bits per heavy atom. The molecule has 106 valence electrons. The molecule has 1 aliphatic rings. The van der Waals surface area contributed by atoms with Gasteiger partial charge in [0, 0.05) is 6.42 Å². The highest BCUT2D eigenvalue weighted by molar-refractivity contribution is 6.08. The lowest BCUT2D eigenvalue weighted by molar-refractivity contribution is -0.147. The highest BCUT2D eigenvalue weighted by atomic mass is 16.4. The molecule has 0 saturated carbocycles. The van der Waals surface area contributed by atoms with Crippen LogP contribution in [-0.2, 0) is 9.59 Å². The molecule has 1 heterocycles. The van der Waals surface area contributed by atoms with Gasteiger partial charge < -0.3 is 10.4 Å². The van der Waals surface area contributed by atoms with Gasteiger partial charge in [0.05, 0.1) is 6.04 Å². The summed E-state index contributed by atoms with van der Waals surface area (Å²) in [6.07, 6.45) is 2.57. The Morgan fingerprint density at radius 3 is 2.65 bits per heavy atom. The largest absolute Gasteiger partial charge is 0.481 e. The second-order valence-electron chi connectivity index (χ2n) is 4.84. The number of unbranched alkanes of at least 4 members (excludes halogenated alkanes) is 1. The molecule has 2 atom stereocenters. The van der Waals surface area contributed by atoms with Gasteiger partial charge in [-0.3, -0.25) is 14.6 Å². The predicted octanol–water partition coefficient (Wildman–Crippen LogP) is 2.15. The standard InChI is InChI=1S/C15H18N2O3/c1-2-3-9-11-16-13(10-7-5-4-6-8-10)12(15(19)20)14(18)17-11/h4-8,12-13H,2-3,9H2,1H3,(H,19,20)(H,16,17,18)/t12-,13-/m1/s1. The zero-order valence-electron chi connectivity index (χ0n) is 11.4. The van der Waals surface area contributed by atoms with Crippen molar-refractivity contribution in [3.05, 3.63) is 35.9 Å². The van der Waals surface area contributed by atoms with Gasteiger partial charge in [-0.25, -0.2) is 0 Å². The number of aliphatic carboxylic acids is 1. The molecule has 0 spiro atoms. The number of carboxylic acids is 1. The lowest BCUT2D eigenvalue weighted by atomic mass is 9.91. The van der Waals surface area contributed by atoms with E-state index < -0.39 is 23.8 Å². The quantitative estimate of drug-likeness (QED) is 0.807. The summed E-state index contributed by atoms with van der Waals surface area (Å²) in [5, 5.41) is 11.9. The van der Waals surface area contributed by atoms with Crippen LogP contribution >= 0.6 is 0 Å². The van der Waals surface area contributed by atoms with E-state index in [4.69, 9.17) is 0 Å². The normalized spacial score (nSPS) is 22.1. The first-order valence-corrected chi connectivity index (χ1v) is 6.78. The summed E-state index contributed by atoms with van der Waals surface area (Å²) in [6.45, 7) is 2.06. The monoisotopic (exact) mass is 274 g/mol. The molecule has 20 heavy (non-hydrogen) atoms. The third kappa shape index (κ3) is 3.04. The van der Waals surface area contributed by atoms with Crippen LogP contribution in [0, 0.1) is 5.92 Å². The van der Waals surface area contributed by atoms with E-state index in [-0.39, 0.29) is 0 Å². The lowest BCUT2D eigenvalue weighted by Gasteiger charge is -2.26. The van der Waals surface area contributed by atoms with Gasteiger partial charge in [-0.15, -0.1) is 0 Å². The number of benzene rings is 1. The molecule has 0 saturated heterocycles. The van der Waals surface area contributed by atoms with Crippen molar-refractivity contribution in [2.75, 3.05) is 0 Å². The number of nitrogens with zero attached hydrogens (tertiary/aromatic N) is 1. The Kier molecular flexibility index (Phi) is 4.50. The molecule has 1 aromatic carbocycles. The van der Waals surface area contributed by atoms with Crippen LogP contribution in [0.1, 0.15) is 37.8 Å². The van der Waals surface area contributed by atoms with Crippen molar-refractivity contribution in [3.8, 4) is 0 Å². The van der Waals surface area contributed by atoms with Crippen molar-refractivity contribution in [1.82, 2.24) is 5.32 Å². The summed E-state index contributed by atoms with van der Waals surface area (Å²) in [5.74, 6) is -2.20. The maximum absolute atomic E-state index is 12.0. The van der Waals surface area contributed by atoms with Crippen LogP contribution in [0.4, 0.5) is 0 Å². The smallest absolute Gasteiger partial charge is 0.318 e. The lowest BCUT2D eigenvalue weighted by Crippen LogP contribution is -2.46. The van der Waals surface area contributed by atoms with Gasteiger partial charge >= 0.3 is 5.97 Å². The van der Waals surface area contributed by atoms with E-state index in [1.807, 2.05) is 18.2 Å². The third-order valence-corrected chi connectivity index (χ3v) is 3.33. The van der Waals surface area contributed by atoms with E-state index >= 15 is 0 Å². The number of amides is 1. The summed E-state index contributed by atoms with van der Waals surface area (Å²) >= 11 is 0. The number of carboxylic acid groups (broad SMARTS) is 1. The first-order chi connectivity index (χ1) is 9.63. The topological polar surface area (TPSA) is 78.8 Å². The molecule has 0 fully saturated rings. The molecule has 0 aliphatic carbocycles. The zero-order chi connectivity index (χ0) is 14.5. The Hall–Kier alpha value is -2.17. The molecule has 1 aliphatic heterocycles. The minimum absolute atomic E-state index is 0.479. The molecule has 5 nitrogen and oxygen atoms in total. The summed E-state index contributed by atoms with van der Waals surface area (Å²) in [6, 6.07) is 8.46. The Labute approximate surface area is 117 Å². The molecule has 5 heteroatoms. The van der Waals surface area contributed by atoms with E-state index in [1.165, 1.54) is 0 Å². The molecular formula is C15H18N2O3. The highest BCUT2D eigenvalue weighted by Crippen LogP contribution is 2.29. The number of carbonyl (C=O) groups excluding carboxylic acids is 1. The van der Waals surface area contributed by atoms with Gasteiger partial charge in [0.25, 0.3) is 0 Å². The molecule has 2 rings (SSSR count). The third-order valence-electron chi connectivity index (χ3n) is 3.33. The fourth-order valence-electron chi connectivity index (χ4n) is 2.27. The van der Waals surface area contributed by atoms with Crippen LogP contribution < -0.4 is 5.32 Å². The minimum atomic E-state index is -1.16. The van der Waals surface area contributed by atoms with Gasteiger partial charge in [0.1, 0.15) is 5.84 Å². The van der Waals surface area contributed by atoms with E-state index in [2.05, 4.69) is 17.2 Å². The summed E-state index contributed by atoms with van der Waals surface area (Å²) in [4.78, 5) is 27.8. The first kappa shape index (κ1) is 14.2. The van der Waals surface area contributed by atoms with E-state index in [0.717, 1.165) is 18.4 Å². The van der Waals surface area contributed by atoms with Gasteiger partial charge in [0.15, 0.2) is 5.92 Å². The first-order valence-electron chi connectivity index (χ1n) is 6.78. The Bertz CT molecular complexity index is 525. The molecule has 1 amide bonds. The van der Waals surface area contributed by atoms with Crippen LogP contribution in [0.15, 0.2) is 35.3 Å². The average Bonchev–Trinajstić information content (AvgIpc) is 2.45. The fourth-order valence-corrected chi connectivity index (χ4v) is 2.27. The van der Waals surface area contributed by atoms with Crippen molar-refractivity contribution in [3.63, 3.8) is 0 Å². The predicted molar refractivity (Wildman–Crippen MR) is 75.4 cm³/mol. The van der Waals surface area contributed by atoms with E-state index in [1.54, 1.807) is 12.1 Å². The summed E-state index contributed by atoms with van der Waals surface area (Å²) in [7, 11) is 0. The number of rotatable bonds is 5. The SMILES string of the molecule is CCCCC1=N[C@H](c2ccccc2)[C@@H](C(=O)O)C(=O)N1. The fraction of sp³-hybridized carbons (Fsp3) is 0.400. The second kappa shape index (κ2) is 6.32. The molecule has 1 aromatic rings. The van der Waals surface area contributed by atoms with Crippen LogP contribution in [-0.4, -0.2) is 22.8 Å². The maximum Gasteiger partial charge on any atom is 0.318 e. The summed E-state index contributed by atoms with van der Waals surface area (Å²) < 4.78 is 0. The van der Waals surface area contributed by atoms with Crippen molar-refractivity contribution in [1.29, 1.82) is 0 Å². The molecule has 0 unspecified atom stereocenters. The van der Waals surface area contributed by atoms with Gasteiger partial charge in [0.2, 0.25) is 5.91 Å². The number of amidine groups is 1. The Morgan fingerprint density at radius 1 is 1.35 bits per heavy atom. The van der Waals surface area contributed by atoms with E-state index in [9.17, 15) is 14.7 Å². The van der Waals surface area contributed by atoms with Crippen molar-refractivity contribution >= 4 is 17.7 Å². The van der Waals surface area contributed by atoms with Crippen molar-refractivity contribution < 1.29 is 14.7 Å². The van der Waals surface area contributed by atoms with Gasteiger partial charge in [-0.1, -0.05) is 43.7 Å². The second-order valence-corrected chi connectivity index (χ2v) is 4.84. The van der Waals surface area contributed by atoms with Crippen LogP contribution in [0.2, 0.25) is 0 Å². The van der Waals surface area contributed by atoms with Crippen LogP contribution in [0.25, 0.3) is 0 Å². The number of carbonyl (C=O) groups is 2. The molecular weight excluding hydrogens is 256 g/mol. The minimum Gasteiger partial charge on any atom is -0.481 e. The number of hydrogen-bond donors (Lipinski definition) is 2. The van der Waals surface area contributed by atoms with Gasteiger partial charge in [-0.05, 0) is 12.0 Å². The summed E-state index contributed by atoms with van der Waals surface area (Å²) in [5.41, 5.74) is 0.753. The molecule has 0 bridgehead atoms. The number of hydrogen-bond acceptors (Lipinski definition) is 3. The number of nitrogens with one attached hydrogen (secondary N) is 1. The maximum atomic E-state index is 12.0. The van der Waals surface area contributed by atoms with E-state index in [0.29, 0.717) is 12.3 Å². The van der Waals surface area contributed by atoms with Gasteiger partial charge in [-0.2, -0.15) is 0 Å². The number of aliphatic imine (C=N–C) groups is 1. The Balaban J connectivity index is 2.34. The zero-order valence-corrected chi connectivity index (χ0v) is 11.4. The van der Waals surface area contributed by atoms with Crippen LogP contribution in [0.5, 0.6) is 0 Å². The van der Waals surface area contributed by atoms with Crippen molar-refractivity contribution in [2.24, 2.45) is 10.9 Å². The van der Waals surface area contributed by atoms with Crippen molar-refractivity contribution in [2.45, 2.75) is 32.2 Å². The molecule has 2 N–H and O–H groups in total. The average molecular weight is 274 g/mol. The molecule has 0 radical (unpaired) electrons. The van der Waals surface area contributed by atoms with Crippen LogP contribution in [0.3, 0.4) is 0 Å². The molecule has 0 aromatic heterocycles. The highest BCUT2D eigenvalue weighted by Gasteiger charge is 2.39.